The Kier molecular flexibility index (Phi) is 5.34. The molecule has 27 heavy (non-hydrogen) atoms. The fourth-order valence-corrected chi connectivity index (χ4v) is 6.27. The van der Waals surface area contributed by atoms with Crippen LogP contribution in [-0.2, 0) is 6.42 Å². The van der Waals surface area contributed by atoms with Crippen molar-refractivity contribution in [2.45, 2.75) is 75.5 Å². The second kappa shape index (κ2) is 7.59. The van der Waals surface area contributed by atoms with Gasteiger partial charge >= 0.3 is 0 Å². The SMILES string of the molecule is COc1ccccc1CCN1C(=S)NC2(CCCCC2)[C@H]2CCCC[C@@]21O. The summed E-state index contributed by atoms with van der Waals surface area (Å²) < 4.78 is 5.50. The van der Waals surface area contributed by atoms with E-state index in [0.717, 1.165) is 61.5 Å². The Morgan fingerprint density at radius 2 is 1.89 bits per heavy atom. The molecule has 1 aromatic carbocycles. The Bertz CT molecular complexity index is 689. The maximum absolute atomic E-state index is 11.9. The molecule has 3 fully saturated rings. The minimum absolute atomic E-state index is 0.00540. The Balaban J connectivity index is 1.58. The quantitative estimate of drug-likeness (QED) is 0.763. The molecule has 0 radical (unpaired) electrons. The van der Waals surface area contributed by atoms with E-state index in [2.05, 4.69) is 16.3 Å². The summed E-state index contributed by atoms with van der Waals surface area (Å²) in [5, 5.41) is 16.4. The van der Waals surface area contributed by atoms with Gasteiger partial charge in [-0.1, -0.05) is 43.9 Å². The molecule has 2 atom stereocenters. The number of fused-ring (bicyclic) bond motifs is 2. The Labute approximate surface area is 168 Å². The van der Waals surface area contributed by atoms with Crippen molar-refractivity contribution in [2.24, 2.45) is 5.92 Å². The third kappa shape index (κ3) is 3.33. The molecule has 148 valence electrons. The van der Waals surface area contributed by atoms with Crippen molar-refractivity contribution < 1.29 is 9.84 Å². The summed E-state index contributed by atoms with van der Waals surface area (Å²) in [6, 6.07) is 8.13. The third-order valence-electron chi connectivity index (χ3n) is 7.12. The van der Waals surface area contributed by atoms with Crippen molar-refractivity contribution >= 4 is 17.3 Å². The maximum Gasteiger partial charge on any atom is 0.171 e. The van der Waals surface area contributed by atoms with E-state index in [1.165, 1.54) is 25.7 Å². The monoisotopic (exact) mass is 388 g/mol. The van der Waals surface area contributed by atoms with Gasteiger partial charge in [-0.05, 0) is 62.4 Å². The van der Waals surface area contributed by atoms with E-state index < -0.39 is 5.72 Å². The third-order valence-corrected chi connectivity index (χ3v) is 7.45. The van der Waals surface area contributed by atoms with E-state index in [0.29, 0.717) is 0 Å². The van der Waals surface area contributed by atoms with Crippen LogP contribution in [0.5, 0.6) is 5.75 Å². The summed E-state index contributed by atoms with van der Waals surface area (Å²) in [7, 11) is 1.71. The predicted molar refractivity (Wildman–Crippen MR) is 112 cm³/mol. The zero-order valence-corrected chi connectivity index (χ0v) is 17.2. The molecule has 0 amide bonds. The van der Waals surface area contributed by atoms with Gasteiger partial charge in [0.25, 0.3) is 0 Å². The molecule has 5 heteroatoms. The predicted octanol–water partition coefficient (Wildman–Crippen LogP) is 4.01. The summed E-state index contributed by atoms with van der Waals surface area (Å²) in [6.07, 6.45) is 11.1. The van der Waals surface area contributed by atoms with Crippen LogP contribution >= 0.6 is 12.2 Å². The van der Waals surface area contributed by atoms with Crippen LogP contribution in [0.2, 0.25) is 0 Å². The minimum Gasteiger partial charge on any atom is -0.496 e. The van der Waals surface area contributed by atoms with Gasteiger partial charge in [-0.3, -0.25) is 0 Å². The van der Waals surface area contributed by atoms with Crippen LogP contribution < -0.4 is 10.1 Å². The molecular weight excluding hydrogens is 356 g/mol. The zero-order chi connectivity index (χ0) is 18.9. The van der Waals surface area contributed by atoms with Gasteiger partial charge < -0.3 is 20.1 Å². The lowest BCUT2D eigenvalue weighted by molar-refractivity contribution is -0.181. The van der Waals surface area contributed by atoms with Gasteiger partial charge in [0.05, 0.1) is 7.11 Å². The van der Waals surface area contributed by atoms with Gasteiger partial charge in [-0.2, -0.15) is 0 Å². The van der Waals surface area contributed by atoms with E-state index in [1.54, 1.807) is 7.11 Å². The number of benzene rings is 1. The summed E-state index contributed by atoms with van der Waals surface area (Å²) in [5.41, 5.74) is 0.363. The number of thiocarbonyl (C=S) groups is 1. The smallest absolute Gasteiger partial charge is 0.171 e. The first-order valence-electron chi connectivity index (χ1n) is 10.5. The molecule has 1 saturated heterocycles. The number of nitrogens with one attached hydrogen (secondary N) is 1. The first-order chi connectivity index (χ1) is 13.1. The van der Waals surface area contributed by atoms with Crippen molar-refractivity contribution in [1.82, 2.24) is 10.2 Å². The van der Waals surface area contributed by atoms with Crippen LogP contribution in [0.4, 0.5) is 0 Å². The topological polar surface area (TPSA) is 44.7 Å². The summed E-state index contributed by atoms with van der Waals surface area (Å²) in [5.74, 6) is 1.17. The Hall–Kier alpha value is -1.33. The highest BCUT2D eigenvalue weighted by atomic mass is 32.1. The number of hydrogen-bond donors (Lipinski definition) is 2. The standard InChI is InChI=1S/C22H32N2O2S/c1-26-18-10-4-3-9-17(18)12-16-24-20(27)23-21(13-6-2-7-14-21)19-11-5-8-15-22(19,24)25/h3-4,9-10,19,25H,2,5-8,11-16H2,1H3,(H,23,27)/t19-,22-/m1/s1. The van der Waals surface area contributed by atoms with Gasteiger partial charge in [-0.15, -0.1) is 0 Å². The van der Waals surface area contributed by atoms with Gasteiger partial charge in [0, 0.05) is 18.0 Å². The van der Waals surface area contributed by atoms with Crippen LogP contribution in [0.25, 0.3) is 0 Å². The summed E-state index contributed by atoms with van der Waals surface area (Å²) in [6.45, 7) is 0.718. The second-order valence-corrected chi connectivity index (χ2v) is 8.92. The Morgan fingerprint density at radius 1 is 1.15 bits per heavy atom. The van der Waals surface area contributed by atoms with Crippen molar-refractivity contribution in [3.63, 3.8) is 0 Å². The number of aliphatic hydroxyl groups is 1. The fourth-order valence-electron chi connectivity index (χ4n) is 5.82. The fraction of sp³-hybridized carbons (Fsp3) is 0.682. The van der Waals surface area contributed by atoms with Gasteiger partial charge in [0.1, 0.15) is 11.5 Å². The molecule has 0 aromatic heterocycles. The number of nitrogens with zero attached hydrogens (tertiary/aromatic N) is 1. The molecule has 2 saturated carbocycles. The van der Waals surface area contributed by atoms with E-state index in [9.17, 15) is 5.11 Å². The van der Waals surface area contributed by atoms with Crippen LogP contribution in [0.1, 0.15) is 63.4 Å². The molecule has 1 spiro atoms. The van der Waals surface area contributed by atoms with E-state index >= 15 is 0 Å². The second-order valence-electron chi connectivity index (χ2n) is 8.54. The highest BCUT2D eigenvalue weighted by Crippen LogP contribution is 2.50. The normalized spacial score (nSPS) is 29.9. The molecule has 4 rings (SSSR count). The largest absolute Gasteiger partial charge is 0.496 e. The molecule has 2 N–H and O–H groups in total. The van der Waals surface area contributed by atoms with Crippen LogP contribution in [0.15, 0.2) is 24.3 Å². The maximum atomic E-state index is 11.9. The first-order valence-corrected chi connectivity index (χ1v) is 10.9. The van der Waals surface area contributed by atoms with Crippen LogP contribution in [-0.4, -0.2) is 40.0 Å². The highest BCUT2D eigenvalue weighted by molar-refractivity contribution is 7.80. The molecule has 0 bridgehead atoms. The van der Waals surface area contributed by atoms with Crippen LogP contribution in [0.3, 0.4) is 0 Å². The number of rotatable bonds is 4. The van der Waals surface area contributed by atoms with E-state index in [-0.39, 0.29) is 11.5 Å². The molecule has 1 heterocycles. The molecule has 0 unspecified atom stereocenters. The van der Waals surface area contributed by atoms with Gasteiger partial charge in [0.15, 0.2) is 5.11 Å². The average molecular weight is 389 g/mol. The van der Waals surface area contributed by atoms with Crippen molar-refractivity contribution in [1.29, 1.82) is 0 Å². The van der Waals surface area contributed by atoms with Crippen molar-refractivity contribution in [3.05, 3.63) is 29.8 Å². The Morgan fingerprint density at radius 3 is 2.67 bits per heavy atom. The van der Waals surface area contributed by atoms with Crippen LogP contribution in [0, 0.1) is 5.92 Å². The number of methoxy groups -OCH3 is 1. The molecule has 2 aliphatic carbocycles. The summed E-state index contributed by atoms with van der Waals surface area (Å²) in [4.78, 5) is 2.10. The van der Waals surface area contributed by atoms with E-state index in [4.69, 9.17) is 17.0 Å². The number of ether oxygens (including phenoxy) is 1. The lowest BCUT2D eigenvalue weighted by Crippen LogP contribution is -2.75. The van der Waals surface area contributed by atoms with Gasteiger partial charge in [-0.25, -0.2) is 0 Å². The molecule has 1 aromatic rings. The number of hydrogen-bond acceptors (Lipinski definition) is 3. The molecule has 4 nitrogen and oxygen atoms in total. The van der Waals surface area contributed by atoms with E-state index in [1.807, 2.05) is 18.2 Å². The lowest BCUT2D eigenvalue weighted by atomic mass is 9.62. The average Bonchev–Trinajstić information content (AvgIpc) is 2.68. The van der Waals surface area contributed by atoms with Crippen molar-refractivity contribution in [3.8, 4) is 5.75 Å². The molecule has 3 aliphatic rings. The number of para-hydroxylation sites is 1. The molecule has 1 aliphatic heterocycles. The minimum atomic E-state index is -0.806. The van der Waals surface area contributed by atoms with Gasteiger partial charge in [0.2, 0.25) is 0 Å². The highest BCUT2D eigenvalue weighted by Gasteiger charge is 2.58. The lowest BCUT2D eigenvalue weighted by Gasteiger charge is -2.61. The summed E-state index contributed by atoms with van der Waals surface area (Å²) >= 11 is 5.82. The van der Waals surface area contributed by atoms with Crippen molar-refractivity contribution in [2.75, 3.05) is 13.7 Å². The molecular formula is C22H32N2O2S. The first kappa shape index (κ1) is 19.0. The zero-order valence-electron chi connectivity index (χ0n) is 16.4.